The molecule has 2 N–H and O–H groups in total. The molecule has 0 aliphatic carbocycles. The van der Waals surface area contributed by atoms with E-state index in [2.05, 4.69) is 4.98 Å². The van der Waals surface area contributed by atoms with E-state index in [1.807, 2.05) is 29.7 Å². The number of nitrogens with zero attached hydrogens (tertiary/aromatic N) is 2. The lowest BCUT2D eigenvalue weighted by Gasteiger charge is -2.02. The van der Waals surface area contributed by atoms with Gasteiger partial charge in [0.15, 0.2) is 0 Å². The van der Waals surface area contributed by atoms with E-state index in [-0.39, 0.29) is 0 Å². The molecule has 4 nitrogen and oxygen atoms in total. The molecule has 15 heavy (non-hydrogen) atoms. The summed E-state index contributed by atoms with van der Waals surface area (Å²) in [6.45, 7) is 3.11. The zero-order chi connectivity index (χ0) is 10.8. The Labute approximate surface area is 88.7 Å². The lowest BCUT2D eigenvalue weighted by molar-refractivity contribution is 0.180. The lowest BCUT2D eigenvalue weighted by atomic mass is 10.2. The van der Waals surface area contributed by atoms with Crippen molar-refractivity contribution in [2.24, 2.45) is 5.73 Å². The molecule has 0 saturated heterocycles. The van der Waals surface area contributed by atoms with Crippen LogP contribution in [0.3, 0.4) is 0 Å². The van der Waals surface area contributed by atoms with Gasteiger partial charge in [-0.15, -0.1) is 0 Å². The maximum atomic E-state index is 5.58. The minimum absolute atomic E-state index is 0.544. The molecule has 0 aliphatic heterocycles. The summed E-state index contributed by atoms with van der Waals surface area (Å²) in [6, 6.07) is 4.01. The van der Waals surface area contributed by atoms with Crippen LogP contribution in [0.15, 0.2) is 18.3 Å². The number of aryl methyl sites for hydroxylation is 1. The van der Waals surface area contributed by atoms with Crippen molar-refractivity contribution in [3.05, 3.63) is 35.3 Å². The van der Waals surface area contributed by atoms with Gasteiger partial charge in [-0.25, -0.2) is 4.98 Å². The molecular formula is C11H15N3O. The lowest BCUT2D eigenvalue weighted by Crippen LogP contribution is -1.99. The van der Waals surface area contributed by atoms with Crippen LogP contribution in [-0.2, 0) is 17.9 Å². The van der Waals surface area contributed by atoms with Crippen LogP contribution in [0.4, 0.5) is 0 Å². The minimum Gasteiger partial charge on any atom is -0.378 e. The molecule has 2 aromatic rings. The van der Waals surface area contributed by atoms with Gasteiger partial charge in [-0.2, -0.15) is 0 Å². The molecule has 80 valence electrons. The first-order valence-corrected chi connectivity index (χ1v) is 4.91. The average Bonchev–Trinajstić information content (AvgIpc) is 2.55. The van der Waals surface area contributed by atoms with Crippen LogP contribution in [0.25, 0.3) is 5.65 Å². The highest BCUT2D eigenvalue weighted by Crippen LogP contribution is 2.14. The number of pyridine rings is 1. The van der Waals surface area contributed by atoms with Crippen LogP contribution in [0.1, 0.15) is 17.0 Å². The molecule has 0 unspecified atom stereocenters. The van der Waals surface area contributed by atoms with Crippen molar-refractivity contribution in [2.75, 3.05) is 7.11 Å². The summed E-state index contributed by atoms with van der Waals surface area (Å²) in [6.07, 6.45) is 1.99. The highest BCUT2D eigenvalue weighted by molar-refractivity contribution is 5.45. The molecule has 0 saturated carbocycles. The third kappa shape index (κ3) is 1.73. The van der Waals surface area contributed by atoms with Gasteiger partial charge in [0.05, 0.1) is 18.0 Å². The van der Waals surface area contributed by atoms with Crippen molar-refractivity contribution in [1.29, 1.82) is 0 Å². The third-order valence-electron chi connectivity index (χ3n) is 2.51. The first kappa shape index (κ1) is 10.1. The quantitative estimate of drug-likeness (QED) is 0.820. The normalized spacial score (nSPS) is 11.1. The molecular weight excluding hydrogens is 190 g/mol. The van der Waals surface area contributed by atoms with Crippen LogP contribution in [-0.4, -0.2) is 16.5 Å². The van der Waals surface area contributed by atoms with E-state index < -0.39 is 0 Å². The highest BCUT2D eigenvalue weighted by atomic mass is 16.5. The van der Waals surface area contributed by atoms with Crippen LogP contribution >= 0.6 is 0 Å². The van der Waals surface area contributed by atoms with Gasteiger partial charge in [0.25, 0.3) is 0 Å². The van der Waals surface area contributed by atoms with Crippen LogP contribution in [0.5, 0.6) is 0 Å². The molecule has 0 spiro atoms. The van der Waals surface area contributed by atoms with Gasteiger partial charge in [0, 0.05) is 19.9 Å². The van der Waals surface area contributed by atoms with Crippen LogP contribution in [0, 0.1) is 6.92 Å². The Balaban J connectivity index is 2.58. The Morgan fingerprint density at radius 1 is 1.53 bits per heavy atom. The fraction of sp³-hybridized carbons (Fsp3) is 0.364. The predicted octanol–water partition coefficient (Wildman–Crippen LogP) is 1.25. The molecule has 0 aliphatic rings. The summed E-state index contributed by atoms with van der Waals surface area (Å²) < 4.78 is 7.19. The standard InChI is InChI=1S/C11H15N3O/c1-8-10(7-15-2)14-4-3-9(6-12)5-11(14)13-8/h3-5H,6-7,12H2,1-2H3. The summed E-state index contributed by atoms with van der Waals surface area (Å²) in [7, 11) is 1.69. The van der Waals surface area contributed by atoms with E-state index in [1.54, 1.807) is 7.11 Å². The number of ether oxygens (including phenoxy) is 1. The fourth-order valence-corrected chi connectivity index (χ4v) is 1.69. The largest absolute Gasteiger partial charge is 0.378 e. The number of rotatable bonds is 3. The number of hydrogen-bond donors (Lipinski definition) is 1. The van der Waals surface area contributed by atoms with E-state index in [1.165, 1.54) is 0 Å². The van der Waals surface area contributed by atoms with Crippen molar-refractivity contribution in [3.8, 4) is 0 Å². The van der Waals surface area contributed by atoms with Gasteiger partial charge in [-0.3, -0.25) is 0 Å². The van der Waals surface area contributed by atoms with Crippen molar-refractivity contribution in [2.45, 2.75) is 20.1 Å². The zero-order valence-electron chi connectivity index (χ0n) is 9.03. The molecule has 2 aromatic heterocycles. The number of imidazole rings is 1. The smallest absolute Gasteiger partial charge is 0.137 e. The Morgan fingerprint density at radius 2 is 2.33 bits per heavy atom. The van der Waals surface area contributed by atoms with Crippen molar-refractivity contribution < 1.29 is 4.74 Å². The second-order valence-corrected chi connectivity index (χ2v) is 3.54. The molecule has 0 fully saturated rings. The van der Waals surface area contributed by atoms with Crippen LogP contribution in [0.2, 0.25) is 0 Å². The Morgan fingerprint density at radius 3 is 3.00 bits per heavy atom. The Bertz CT molecular complexity index is 476. The summed E-state index contributed by atoms with van der Waals surface area (Å²) in [4.78, 5) is 4.47. The first-order valence-electron chi connectivity index (χ1n) is 4.91. The third-order valence-corrected chi connectivity index (χ3v) is 2.51. The molecule has 4 heteroatoms. The number of nitrogens with two attached hydrogens (primary N) is 1. The molecule has 0 atom stereocenters. The topological polar surface area (TPSA) is 52.5 Å². The molecule has 0 amide bonds. The Kier molecular flexibility index (Phi) is 2.70. The van der Waals surface area contributed by atoms with Gasteiger partial charge in [0.1, 0.15) is 5.65 Å². The number of aromatic nitrogens is 2. The zero-order valence-corrected chi connectivity index (χ0v) is 9.03. The van der Waals surface area contributed by atoms with Gasteiger partial charge < -0.3 is 14.9 Å². The maximum Gasteiger partial charge on any atom is 0.137 e. The number of hydrogen-bond acceptors (Lipinski definition) is 3. The van der Waals surface area contributed by atoms with E-state index in [0.717, 1.165) is 22.6 Å². The first-order chi connectivity index (χ1) is 7.26. The van der Waals surface area contributed by atoms with Crippen molar-refractivity contribution >= 4 is 5.65 Å². The van der Waals surface area contributed by atoms with Crippen molar-refractivity contribution in [1.82, 2.24) is 9.38 Å². The predicted molar refractivity (Wildman–Crippen MR) is 58.5 cm³/mol. The van der Waals surface area contributed by atoms with E-state index in [4.69, 9.17) is 10.5 Å². The minimum atomic E-state index is 0.544. The van der Waals surface area contributed by atoms with Gasteiger partial charge >= 0.3 is 0 Å². The number of methoxy groups -OCH3 is 1. The fourth-order valence-electron chi connectivity index (χ4n) is 1.69. The van der Waals surface area contributed by atoms with Gasteiger partial charge in [-0.1, -0.05) is 0 Å². The summed E-state index contributed by atoms with van der Waals surface area (Å²) in [5.41, 5.74) is 9.71. The SMILES string of the molecule is COCc1c(C)nc2cc(CN)ccn12. The molecule has 0 aromatic carbocycles. The Hall–Kier alpha value is -1.39. The summed E-state index contributed by atoms with van der Waals surface area (Å²) in [5, 5.41) is 0. The molecule has 2 heterocycles. The van der Waals surface area contributed by atoms with Gasteiger partial charge in [0.2, 0.25) is 0 Å². The second-order valence-electron chi connectivity index (χ2n) is 3.54. The monoisotopic (exact) mass is 205 g/mol. The molecule has 0 radical (unpaired) electrons. The maximum absolute atomic E-state index is 5.58. The van der Waals surface area contributed by atoms with E-state index >= 15 is 0 Å². The average molecular weight is 205 g/mol. The summed E-state index contributed by atoms with van der Waals surface area (Å²) in [5.74, 6) is 0. The second kappa shape index (κ2) is 4.00. The van der Waals surface area contributed by atoms with E-state index in [0.29, 0.717) is 13.2 Å². The summed E-state index contributed by atoms with van der Waals surface area (Å²) >= 11 is 0. The number of fused-ring (bicyclic) bond motifs is 1. The highest BCUT2D eigenvalue weighted by Gasteiger charge is 2.07. The van der Waals surface area contributed by atoms with E-state index in [9.17, 15) is 0 Å². The molecule has 2 rings (SSSR count). The van der Waals surface area contributed by atoms with Crippen LogP contribution < -0.4 is 5.73 Å². The molecule has 0 bridgehead atoms. The van der Waals surface area contributed by atoms with Gasteiger partial charge in [-0.05, 0) is 24.6 Å². The van der Waals surface area contributed by atoms with Crippen molar-refractivity contribution in [3.63, 3.8) is 0 Å².